The molecule has 0 aromatic heterocycles. The predicted molar refractivity (Wildman–Crippen MR) is 52.4 cm³/mol. The van der Waals surface area contributed by atoms with Gasteiger partial charge in [-0.15, -0.1) is 6.58 Å². The zero-order valence-corrected chi connectivity index (χ0v) is 8.57. The molecule has 0 aliphatic rings. The predicted octanol–water partition coefficient (Wildman–Crippen LogP) is 3.84. The highest BCUT2D eigenvalue weighted by Crippen LogP contribution is 2.29. The third-order valence-electron chi connectivity index (χ3n) is 1.79. The first kappa shape index (κ1) is 10.7. The van der Waals surface area contributed by atoms with Crippen molar-refractivity contribution in [3.05, 3.63) is 19.1 Å². The van der Waals surface area contributed by atoms with Crippen LogP contribution in [0.15, 0.2) is 12.7 Å². The summed E-state index contributed by atoms with van der Waals surface area (Å²) in [6.45, 7) is 14.9. The normalized spacial score (nSPS) is 13.2. The second-order valence-corrected chi connectivity index (χ2v) is 4.97. The summed E-state index contributed by atoms with van der Waals surface area (Å²) in [7, 11) is 0. The molecule has 0 saturated heterocycles. The van der Waals surface area contributed by atoms with Crippen molar-refractivity contribution in [3.8, 4) is 0 Å². The molecule has 11 heavy (non-hydrogen) atoms. The van der Waals surface area contributed by atoms with Gasteiger partial charge in [-0.25, -0.2) is 0 Å². The molecule has 0 unspecified atom stereocenters. The van der Waals surface area contributed by atoms with Gasteiger partial charge in [-0.3, -0.25) is 0 Å². The Morgan fingerprint density at radius 2 is 1.55 bits per heavy atom. The molecule has 0 fully saturated rings. The van der Waals surface area contributed by atoms with E-state index in [9.17, 15) is 0 Å². The lowest BCUT2D eigenvalue weighted by Crippen LogP contribution is -2.14. The van der Waals surface area contributed by atoms with Crippen LogP contribution in [0, 0.1) is 17.3 Å². The first-order valence-corrected chi connectivity index (χ1v) is 4.25. The molecule has 0 amide bonds. The van der Waals surface area contributed by atoms with E-state index in [1.165, 1.54) is 0 Å². The van der Waals surface area contributed by atoms with Gasteiger partial charge in [0.05, 0.1) is 0 Å². The minimum absolute atomic E-state index is 0.257. The van der Waals surface area contributed by atoms with Crippen molar-refractivity contribution < 1.29 is 0 Å². The molecule has 0 aromatic carbocycles. The maximum atomic E-state index is 3.81. The van der Waals surface area contributed by atoms with Crippen molar-refractivity contribution in [2.45, 2.75) is 41.0 Å². The van der Waals surface area contributed by atoms with E-state index in [1.54, 1.807) is 0 Å². The average molecular weight is 153 g/mol. The van der Waals surface area contributed by atoms with Crippen LogP contribution in [0.4, 0.5) is 0 Å². The first-order valence-electron chi connectivity index (χ1n) is 4.25. The molecule has 0 aliphatic heterocycles. The largest absolute Gasteiger partial charge is 0.103 e. The maximum absolute atomic E-state index is 3.81. The first-order chi connectivity index (χ1) is 4.77. The van der Waals surface area contributed by atoms with Crippen LogP contribution in [0.3, 0.4) is 0 Å². The van der Waals surface area contributed by atoms with Gasteiger partial charge in [0.25, 0.3) is 0 Å². The molecule has 0 nitrogen and oxygen atoms in total. The monoisotopic (exact) mass is 153 g/mol. The molecular weight excluding hydrogens is 132 g/mol. The number of allylic oxidation sites excluding steroid dienone is 1. The van der Waals surface area contributed by atoms with Crippen molar-refractivity contribution in [2.75, 3.05) is 0 Å². The van der Waals surface area contributed by atoms with Gasteiger partial charge in [-0.05, 0) is 23.7 Å². The summed E-state index contributed by atoms with van der Waals surface area (Å²) in [5, 5.41) is 0. The summed E-state index contributed by atoms with van der Waals surface area (Å²) >= 11 is 0. The summed E-state index contributed by atoms with van der Waals surface area (Å²) in [4.78, 5) is 0. The van der Waals surface area contributed by atoms with E-state index in [1.807, 2.05) is 6.08 Å². The van der Waals surface area contributed by atoms with E-state index in [4.69, 9.17) is 0 Å². The third-order valence-corrected chi connectivity index (χ3v) is 1.79. The van der Waals surface area contributed by atoms with Crippen molar-refractivity contribution in [2.24, 2.45) is 10.8 Å². The lowest BCUT2D eigenvalue weighted by Gasteiger charge is -2.25. The Morgan fingerprint density at radius 3 is 1.82 bits per heavy atom. The van der Waals surface area contributed by atoms with E-state index in [2.05, 4.69) is 47.6 Å². The van der Waals surface area contributed by atoms with E-state index in [-0.39, 0.29) is 5.41 Å². The molecule has 0 N–H and O–H groups in total. The van der Waals surface area contributed by atoms with Crippen LogP contribution in [-0.4, -0.2) is 0 Å². The second kappa shape index (κ2) is 3.42. The standard InChI is InChI=1S/C11H21/c1-7-11(5,6)9-8-10(2,3)4/h7-8H,1,9H2,2-6H3. The Kier molecular flexibility index (Phi) is 3.34. The van der Waals surface area contributed by atoms with Crippen LogP contribution in [0.5, 0.6) is 0 Å². The lowest BCUT2D eigenvalue weighted by atomic mass is 9.80. The molecule has 0 aromatic rings. The second-order valence-electron chi connectivity index (χ2n) is 4.97. The van der Waals surface area contributed by atoms with Crippen LogP contribution in [0.2, 0.25) is 0 Å². The SMILES string of the molecule is C=CC(C)(C)C[CH]C(C)(C)C. The summed E-state index contributed by atoms with van der Waals surface area (Å²) in [6, 6.07) is 0. The van der Waals surface area contributed by atoms with E-state index in [0.717, 1.165) is 6.42 Å². The third kappa shape index (κ3) is 6.15. The van der Waals surface area contributed by atoms with Gasteiger partial charge in [0, 0.05) is 0 Å². The van der Waals surface area contributed by atoms with Gasteiger partial charge in [0.2, 0.25) is 0 Å². The Labute approximate surface area is 71.7 Å². The summed E-state index contributed by atoms with van der Waals surface area (Å²) in [6.07, 6.45) is 5.49. The fraction of sp³-hybridized carbons (Fsp3) is 0.727. The lowest BCUT2D eigenvalue weighted by molar-refractivity contribution is 0.390. The van der Waals surface area contributed by atoms with Gasteiger partial charge < -0.3 is 0 Å². The highest BCUT2D eigenvalue weighted by Gasteiger charge is 2.18. The highest BCUT2D eigenvalue weighted by molar-refractivity contribution is 4.94. The Balaban J connectivity index is 3.79. The molecule has 0 bridgehead atoms. The minimum atomic E-state index is 0.257. The van der Waals surface area contributed by atoms with Gasteiger partial charge in [0.1, 0.15) is 0 Å². The molecule has 0 heteroatoms. The summed E-state index contributed by atoms with van der Waals surface area (Å²) in [5.74, 6) is 0. The molecular formula is C11H21. The maximum Gasteiger partial charge on any atom is -0.0175 e. The fourth-order valence-electron chi connectivity index (χ4n) is 0.653. The molecule has 0 spiro atoms. The van der Waals surface area contributed by atoms with Crippen LogP contribution >= 0.6 is 0 Å². The fourth-order valence-corrected chi connectivity index (χ4v) is 0.653. The minimum Gasteiger partial charge on any atom is -0.103 e. The molecule has 0 heterocycles. The van der Waals surface area contributed by atoms with E-state index >= 15 is 0 Å². The van der Waals surface area contributed by atoms with Crippen molar-refractivity contribution in [1.29, 1.82) is 0 Å². The Bertz CT molecular complexity index is 123. The van der Waals surface area contributed by atoms with Crippen molar-refractivity contribution in [1.82, 2.24) is 0 Å². The molecule has 65 valence electrons. The topological polar surface area (TPSA) is 0 Å². The summed E-state index contributed by atoms with van der Waals surface area (Å²) in [5.41, 5.74) is 0.591. The van der Waals surface area contributed by atoms with Crippen LogP contribution in [0.1, 0.15) is 41.0 Å². The quantitative estimate of drug-likeness (QED) is 0.540. The average Bonchev–Trinajstić information content (AvgIpc) is 1.83. The van der Waals surface area contributed by atoms with E-state index in [0.29, 0.717) is 5.41 Å². The zero-order valence-electron chi connectivity index (χ0n) is 8.57. The molecule has 1 radical (unpaired) electrons. The molecule has 0 rings (SSSR count). The van der Waals surface area contributed by atoms with E-state index < -0.39 is 0 Å². The Hall–Kier alpha value is -0.260. The van der Waals surface area contributed by atoms with Gasteiger partial charge in [-0.1, -0.05) is 40.7 Å². The van der Waals surface area contributed by atoms with Gasteiger partial charge >= 0.3 is 0 Å². The number of hydrogen-bond donors (Lipinski definition) is 0. The smallest absolute Gasteiger partial charge is 0.0175 e. The highest BCUT2D eigenvalue weighted by atomic mass is 14.2. The number of hydrogen-bond acceptors (Lipinski definition) is 0. The molecule has 0 saturated carbocycles. The van der Waals surface area contributed by atoms with Crippen molar-refractivity contribution >= 4 is 0 Å². The number of rotatable bonds is 3. The molecule has 0 atom stereocenters. The molecule has 0 aliphatic carbocycles. The van der Waals surface area contributed by atoms with Gasteiger partial charge in [0.15, 0.2) is 0 Å². The van der Waals surface area contributed by atoms with Crippen molar-refractivity contribution in [3.63, 3.8) is 0 Å². The Morgan fingerprint density at radius 1 is 1.09 bits per heavy atom. The summed E-state index contributed by atoms with van der Waals surface area (Å²) < 4.78 is 0. The van der Waals surface area contributed by atoms with Crippen LogP contribution in [-0.2, 0) is 0 Å². The zero-order chi connectivity index (χ0) is 9.12. The van der Waals surface area contributed by atoms with Gasteiger partial charge in [-0.2, -0.15) is 0 Å². The van der Waals surface area contributed by atoms with Crippen LogP contribution in [0.25, 0.3) is 0 Å². The van der Waals surface area contributed by atoms with Crippen LogP contribution < -0.4 is 0 Å².